The standard InChI is InChI=1S/C17H23N5O2/c1-11-19-14-5-4-12(8-15(14)20-11)17(24)22-7-6-21(3)9-13(10-22)16(23)18-2/h4-5,8,13H,6-7,9-10H2,1-3H3,(H,18,23)(H,19,20)/t13-/m1/s1. The average Bonchev–Trinajstić information content (AvgIpc) is 2.83. The van der Waals surface area contributed by atoms with E-state index in [2.05, 4.69) is 20.2 Å². The largest absolute Gasteiger partial charge is 0.359 e. The molecule has 2 amide bonds. The molecule has 2 aromatic rings. The van der Waals surface area contributed by atoms with Crippen LogP contribution >= 0.6 is 0 Å². The molecule has 0 radical (unpaired) electrons. The lowest BCUT2D eigenvalue weighted by atomic mass is 10.1. The lowest BCUT2D eigenvalue weighted by molar-refractivity contribution is -0.125. The Morgan fingerprint density at radius 1 is 1.29 bits per heavy atom. The SMILES string of the molecule is CNC(=O)[C@@H]1CN(C)CCN(C(=O)c2ccc3nc(C)[nH]c3c2)C1. The third kappa shape index (κ3) is 3.26. The van der Waals surface area contributed by atoms with Crippen molar-refractivity contribution in [2.24, 2.45) is 5.92 Å². The Morgan fingerprint density at radius 2 is 2.08 bits per heavy atom. The number of amides is 2. The van der Waals surface area contributed by atoms with Crippen molar-refractivity contribution in [2.45, 2.75) is 6.92 Å². The van der Waals surface area contributed by atoms with Crippen LogP contribution in [0.15, 0.2) is 18.2 Å². The molecule has 0 bridgehead atoms. The number of carbonyl (C=O) groups is 2. The molecule has 24 heavy (non-hydrogen) atoms. The number of likely N-dealkylation sites (N-methyl/N-ethyl adjacent to an activating group) is 1. The number of carbonyl (C=O) groups excluding carboxylic acids is 2. The van der Waals surface area contributed by atoms with Gasteiger partial charge in [0.25, 0.3) is 5.91 Å². The van der Waals surface area contributed by atoms with Gasteiger partial charge in [-0.25, -0.2) is 4.98 Å². The molecule has 0 unspecified atom stereocenters. The number of aromatic nitrogens is 2. The third-order valence-electron chi connectivity index (χ3n) is 4.48. The van der Waals surface area contributed by atoms with Gasteiger partial charge in [-0.2, -0.15) is 0 Å². The number of aryl methyl sites for hydroxylation is 1. The highest BCUT2D eigenvalue weighted by Crippen LogP contribution is 2.17. The maximum atomic E-state index is 12.9. The second kappa shape index (κ2) is 6.60. The fraction of sp³-hybridized carbons (Fsp3) is 0.471. The lowest BCUT2D eigenvalue weighted by Gasteiger charge is -2.23. The first-order valence-electron chi connectivity index (χ1n) is 8.13. The van der Waals surface area contributed by atoms with Gasteiger partial charge in [0.05, 0.1) is 17.0 Å². The molecule has 128 valence electrons. The number of benzene rings is 1. The van der Waals surface area contributed by atoms with Crippen LogP contribution in [0, 0.1) is 12.8 Å². The van der Waals surface area contributed by atoms with Gasteiger partial charge in [0.2, 0.25) is 5.91 Å². The highest BCUT2D eigenvalue weighted by atomic mass is 16.2. The normalized spacial score (nSPS) is 19.3. The summed E-state index contributed by atoms with van der Waals surface area (Å²) in [7, 11) is 3.61. The van der Waals surface area contributed by atoms with Crippen molar-refractivity contribution in [3.63, 3.8) is 0 Å². The molecule has 0 saturated carbocycles. The predicted octanol–water partition coefficient (Wildman–Crippen LogP) is 0.621. The van der Waals surface area contributed by atoms with E-state index in [0.717, 1.165) is 23.4 Å². The minimum Gasteiger partial charge on any atom is -0.359 e. The van der Waals surface area contributed by atoms with Crippen LogP contribution in [0.1, 0.15) is 16.2 Å². The maximum absolute atomic E-state index is 12.9. The van der Waals surface area contributed by atoms with Gasteiger partial charge in [0.1, 0.15) is 5.82 Å². The van der Waals surface area contributed by atoms with Crippen molar-refractivity contribution in [3.05, 3.63) is 29.6 Å². The number of imidazole rings is 1. The smallest absolute Gasteiger partial charge is 0.253 e. The minimum absolute atomic E-state index is 0.0267. The molecule has 7 nitrogen and oxygen atoms in total. The summed E-state index contributed by atoms with van der Waals surface area (Å²) in [6.45, 7) is 4.35. The highest BCUT2D eigenvalue weighted by molar-refractivity contribution is 5.97. The van der Waals surface area contributed by atoms with E-state index < -0.39 is 0 Å². The molecule has 1 aromatic heterocycles. The molecular weight excluding hydrogens is 306 g/mol. The number of aromatic amines is 1. The van der Waals surface area contributed by atoms with Crippen LogP contribution < -0.4 is 5.32 Å². The summed E-state index contributed by atoms with van der Waals surface area (Å²) in [4.78, 5) is 36.3. The zero-order valence-corrected chi connectivity index (χ0v) is 14.3. The number of hydrogen-bond acceptors (Lipinski definition) is 4. The van der Waals surface area contributed by atoms with Crippen LogP contribution in [0.3, 0.4) is 0 Å². The Bertz CT molecular complexity index is 769. The topological polar surface area (TPSA) is 81.3 Å². The Balaban J connectivity index is 1.84. The molecule has 1 aliphatic rings. The first-order valence-corrected chi connectivity index (χ1v) is 8.13. The lowest BCUT2D eigenvalue weighted by Crippen LogP contribution is -2.41. The average molecular weight is 329 g/mol. The Labute approximate surface area is 141 Å². The van der Waals surface area contributed by atoms with E-state index in [-0.39, 0.29) is 17.7 Å². The number of hydrogen-bond donors (Lipinski definition) is 2. The van der Waals surface area contributed by atoms with Crippen molar-refractivity contribution in [3.8, 4) is 0 Å². The second-order valence-electron chi connectivity index (χ2n) is 6.38. The van der Waals surface area contributed by atoms with Crippen LogP contribution in [0.25, 0.3) is 11.0 Å². The van der Waals surface area contributed by atoms with E-state index in [1.807, 2.05) is 26.1 Å². The Morgan fingerprint density at radius 3 is 2.83 bits per heavy atom. The van der Waals surface area contributed by atoms with Gasteiger partial charge in [-0.1, -0.05) is 0 Å². The van der Waals surface area contributed by atoms with Gasteiger partial charge in [-0.05, 0) is 32.2 Å². The quantitative estimate of drug-likeness (QED) is 0.846. The first-order chi connectivity index (χ1) is 11.5. The molecule has 1 aliphatic heterocycles. The summed E-state index contributed by atoms with van der Waals surface area (Å²) < 4.78 is 0. The predicted molar refractivity (Wildman–Crippen MR) is 91.8 cm³/mol. The molecule has 1 saturated heterocycles. The monoisotopic (exact) mass is 329 g/mol. The molecular formula is C17H23N5O2. The van der Waals surface area contributed by atoms with E-state index in [9.17, 15) is 9.59 Å². The van der Waals surface area contributed by atoms with Crippen molar-refractivity contribution in [2.75, 3.05) is 40.3 Å². The fourth-order valence-electron chi connectivity index (χ4n) is 3.18. The van der Waals surface area contributed by atoms with E-state index >= 15 is 0 Å². The number of nitrogens with one attached hydrogen (secondary N) is 2. The van der Waals surface area contributed by atoms with Gasteiger partial charge in [0.15, 0.2) is 0 Å². The summed E-state index contributed by atoms with van der Waals surface area (Å²) in [6, 6.07) is 5.49. The molecule has 7 heteroatoms. The minimum atomic E-state index is -0.218. The molecule has 3 rings (SSSR count). The molecule has 2 heterocycles. The summed E-state index contributed by atoms with van der Waals surface area (Å²) in [6.07, 6.45) is 0. The van der Waals surface area contributed by atoms with Gasteiger partial charge in [0, 0.05) is 38.8 Å². The Kier molecular flexibility index (Phi) is 4.53. The molecule has 0 aliphatic carbocycles. The van der Waals surface area contributed by atoms with E-state index in [1.165, 1.54) is 0 Å². The summed E-state index contributed by atoms with van der Waals surface area (Å²) in [5.41, 5.74) is 2.32. The van der Waals surface area contributed by atoms with Crippen LogP contribution in [-0.4, -0.2) is 71.9 Å². The second-order valence-corrected chi connectivity index (χ2v) is 6.38. The maximum Gasteiger partial charge on any atom is 0.253 e. The van der Waals surface area contributed by atoms with Crippen LogP contribution in [-0.2, 0) is 4.79 Å². The Hall–Kier alpha value is -2.41. The van der Waals surface area contributed by atoms with Crippen LogP contribution in [0.5, 0.6) is 0 Å². The fourth-order valence-corrected chi connectivity index (χ4v) is 3.18. The highest BCUT2D eigenvalue weighted by Gasteiger charge is 2.29. The van der Waals surface area contributed by atoms with Crippen molar-refractivity contribution in [1.29, 1.82) is 0 Å². The summed E-state index contributed by atoms with van der Waals surface area (Å²) in [5.74, 6) is 0.532. The number of rotatable bonds is 2. The zero-order valence-electron chi connectivity index (χ0n) is 14.3. The van der Waals surface area contributed by atoms with Crippen molar-refractivity contribution in [1.82, 2.24) is 25.1 Å². The molecule has 1 aromatic carbocycles. The van der Waals surface area contributed by atoms with E-state index in [4.69, 9.17) is 0 Å². The summed E-state index contributed by atoms with van der Waals surface area (Å²) >= 11 is 0. The first kappa shape index (κ1) is 16.4. The van der Waals surface area contributed by atoms with E-state index in [1.54, 1.807) is 18.0 Å². The van der Waals surface area contributed by atoms with Crippen LogP contribution in [0.2, 0.25) is 0 Å². The number of H-pyrrole nitrogens is 1. The number of nitrogens with zero attached hydrogens (tertiary/aromatic N) is 3. The van der Waals surface area contributed by atoms with Crippen LogP contribution in [0.4, 0.5) is 0 Å². The zero-order chi connectivity index (χ0) is 17.3. The summed E-state index contributed by atoms with van der Waals surface area (Å²) in [5, 5.41) is 2.69. The van der Waals surface area contributed by atoms with Crippen molar-refractivity contribution < 1.29 is 9.59 Å². The van der Waals surface area contributed by atoms with Gasteiger partial charge in [-0.3, -0.25) is 9.59 Å². The molecule has 1 atom stereocenters. The van der Waals surface area contributed by atoms with E-state index in [0.29, 0.717) is 25.2 Å². The van der Waals surface area contributed by atoms with Gasteiger partial charge < -0.3 is 20.1 Å². The molecule has 0 spiro atoms. The molecule has 2 N–H and O–H groups in total. The molecule has 1 fully saturated rings. The third-order valence-corrected chi connectivity index (χ3v) is 4.48. The van der Waals surface area contributed by atoms with Gasteiger partial charge >= 0.3 is 0 Å². The van der Waals surface area contributed by atoms with Gasteiger partial charge in [-0.15, -0.1) is 0 Å². The number of fused-ring (bicyclic) bond motifs is 1. The van der Waals surface area contributed by atoms with Crippen molar-refractivity contribution >= 4 is 22.8 Å².